The van der Waals surface area contributed by atoms with E-state index >= 15 is 0 Å². The first-order chi connectivity index (χ1) is 14.0. The number of nitrogens with one attached hydrogen (secondary N) is 1. The Bertz CT molecular complexity index is 1030. The topological polar surface area (TPSA) is 80.5 Å². The molecule has 1 N–H and O–H groups in total. The minimum Gasteiger partial charge on any atom is -0.423 e. The lowest BCUT2D eigenvalue weighted by Crippen LogP contribution is -2.36. The van der Waals surface area contributed by atoms with Crippen LogP contribution < -0.4 is 10.2 Å². The first-order valence-electron chi connectivity index (χ1n) is 9.70. The van der Waals surface area contributed by atoms with Gasteiger partial charge < -0.3 is 19.4 Å². The molecule has 3 heterocycles. The zero-order chi connectivity index (χ0) is 20.4. The number of carbonyl (C=O) groups excluding carboxylic acids is 1. The van der Waals surface area contributed by atoms with Gasteiger partial charge in [0.05, 0.1) is 13.2 Å². The second kappa shape index (κ2) is 8.51. The van der Waals surface area contributed by atoms with Crippen LogP contribution in [0.4, 0.5) is 11.7 Å². The van der Waals surface area contributed by atoms with Crippen molar-refractivity contribution in [1.29, 1.82) is 0 Å². The maximum atomic E-state index is 12.7. The second-order valence-electron chi connectivity index (χ2n) is 7.43. The molecule has 0 unspecified atom stereocenters. The van der Waals surface area contributed by atoms with Gasteiger partial charge in [0, 0.05) is 24.3 Å². The van der Waals surface area contributed by atoms with E-state index in [0.717, 1.165) is 41.9 Å². The standard InChI is InChI=1S/C21H23BrN4O3/c1-13(2)12-14-15(24-20(27)17-4-3-5-18(22)23-17)6-7-16-19(14)29-21(25-16)26-8-10-28-11-9-26/h3-7,13H,8-12H2,1-2H3,(H,24,27). The smallest absolute Gasteiger partial charge is 0.298 e. The van der Waals surface area contributed by atoms with Crippen molar-refractivity contribution in [2.45, 2.75) is 20.3 Å². The summed E-state index contributed by atoms with van der Waals surface area (Å²) in [5.74, 6) is 0.126. The Morgan fingerprint density at radius 1 is 1.21 bits per heavy atom. The van der Waals surface area contributed by atoms with Crippen LogP contribution in [0.1, 0.15) is 29.9 Å². The number of halogens is 1. The molecule has 2 aromatic heterocycles. The maximum absolute atomic E-state index is 12.7. The molecule has 0 bridgehead atoms. The van der Waals surface area contributed by atoms with Gasteiger partial charge >= 0.3 is 0 Å². The van der Waals surface area contributed by atoms with Gasteiger partial charge in [-0.15, -0.1) is 0 Å². The third kappa shape index (κ3) is 4.43. The summed E-state index contributed by atoms with van der Waals surface area (Å²) in [6.45, 7) is 7.12. The third-order valence-electron chi connectivity index (χ3n) is 4.74. The quantitative estimate of drug-likeness (QED) is 0.574. The summed E-state index contributed by atoms with van der Waals surface area (Å²) in [4.78, 5) is 23.7. The SMILES string of the molecule is CC(C)Cc1c(NC(=O)c2cccc(Br)n2)ccc2nc(N3CCOCC3)oc12. The van der Waals surface area contributed by atoms with Gasteiger partial charge in [-0.2, -0.15) is 4.98 Å². The molecule has 1 aromatic carbocycles. The Kier molecular flexibility index (Phi) is 5.82. The fourth-order valence-electron chi connectivity index (χ4n) is 3.37. The van der Waals surface area contributed by atoms with Crippen LogP contribution in [0.25, 0.3) is 11.1 Å². The fourth-order valence-corrected chi connectivity index (χ4v) is 3.72. The van der Waals surface area contributed by atoms with Crippen LogP contribution in [-0.4, -0.2) is 42.2 Å². The van der Waals surface area contributed by atoms with Crippen LogP contribution in [0.15, 0.2) is 39.4 Å². The second-order valence-corrected chi connectivity index (χ2v) is 8.25. The number of amides is 1. The van der Waals surface area contributed by atoms with Gasteiger partial charge in [0.1, 0.15) is 15.8 Å². The molecule has 29 heavy (non-hydrogen) atoms. The van der Waals surface area contributed by atoms with Crippen molar-refractivity contribution in [1.82, 2.24) is 9.97 Å². The number of ether oxygens (including phenoxy) is 1. The van der Waals surface area contributed by atoms with Gasteiger partial charge in [-0.1, -0.05) is 19.9 Å². The van der Waals surface area contributed by atoms with E-state index in [1.165, 1.54) is 0 Å². The molecule has 8 heteroatoms. The number of oxazole rings is 1. The number of aromatic nitrogens is 2. The van der Waals surface area contributed by atoms with Crippen molar-refractivity contribution in [2.75, 3.05) is 36.5 Å². The van der Waals surface area contributed by atoms with E-state index in [1.54, 1.807) is 18.2 Å². The lowest BCUT2D eigenvalue weighted by Gasteiger charge is -2.24. The van der Waals surface area contributed by atoms with Crippen LogP contribution in [-0.2, 0) is 11.2 Å². The van der Waals surface area contributed by atoms with Crippen LogP contribution in [0.2, 0.25) is 0 Å². The molecule has 1 aliphatic rings. The molecule has 0 radical (unpaired) electrons. The number of anilines is 2. The largest absolute Gasteiger partial charge is 0.423 e. The van der Waals surface area contributed by atoms with Crippen LogP contribution >= 0.6 is 15.9 Å². The average molecular weight is 459 g/mol. The minimum absolute atomic E-state index is 0.261. The summed E-state index contributed by atoms with van der Waals surface area (Å²) in [7, 11) is 0. The van der Waals surface area contributed by atoms with Gasteiger partial charge in [0.25, 0.3) is 11.9 Å². The van der Waals surface area contributed by atoms with Crippen molar-refractivity contribution in [3.8, 4) is 0 Å². The zero-order valence-electron chi connectivity index (χ0n) is 16.4. The molecule has 1 aliphatic heterocycles. The molecule has 0 aliphatic carbocycles. The molecule has 0 spiro atoms. The highest BCUT2D eigenvalue weighted by Gasteiger charge is 2.21. The molecule has 1 saturated heterocycles. The van der Waals surface area contributed by atoms with E-state index in [4.69, 9.17) is 9.15 Å². The summed E-state index contributed by atoms with van der Waals surface area (Å²) in [5, 5.41) is 3.00. The summed E-state index contributed by atoms with van der Waals surface area (Å²) in [6, 6.07) is 9.64. The molecular weight excluding hydrogens is 436 g/mol. The Hall–Kier alpha value is -2.45. The van der Waals surface area contributed by atoms with Gasteiger partial charge in [-0.05, 0) is 52.5 Å². The molecule has 152 valence electrons. The minimum atomic E-state index is -0.261. The summed E-state index contributed by atoms with van der Waals surface area (Å²) in [6.07, 6.45) is 0.761. The molecule has 0 saturated carbocycles. The summed E-state index contributed by atoms with van der Waals surface area (Å²) >= 11 is 3.31. The number of benzene rings is 1. The monoisotopic (exact) mass is 458 g/mol. The Balaban J connectivity index is 1.69. The number of fused-ring (bicyclic) bond motifs is 1. The molecule has 3 aromatic rings. The molecule has 1 fully saturated rings. The third-order valence-corrected chi connectivity index (χ3v) is 5.18. The van der Waals surface area contributed by atoms with Crippen molar-refractivity contribution in [3.63, 3.8) is 0 Å². The molecule has 7 nitrogen and oxygen atoms in total. The molecular formula is C21H23BrN4O3. The fraction of sp³-hybridized carbons (Fsp3) is 0.381. The van der Waals surface area contributed by atoms with E-state index in [2.05, 4.69) is 50.0 Å². The van der Waals surface area contributed by atoms with Gasteiger partial charge in [0.15, 0.2) is 5.58 Å². The summed E-state index contributed by atoms with van der Waals surface area (Å²) in [5.41, 5.74) is 3.54. The van der Waals surface area contributed by atoms with E-state index in [9.17, 15) is 4.79 Å². The normalized spacial score (nSPS) is 14.6. The van der Waals surface area contributed by atoms with Crippen molar-refractivity contribution in [2.24, 2.45) is 5.92 Å². The Morgan fingerprint density at radius 3 is 2.72 bits per heavy atom. The lowest BCUT2D eigenvalue weighted by atomic mass is 10.00. The highest BCUT2D eigenvalue weighted by Crippen LogP contribution is 2.32. The van der Waals surface area contributed by atoms with Crippen molar-refractivity contribution in [3.05, 3.63) is 46.2 Å². The van der Waals surface area contributed by atoms with Gasteiger partial charge in [-0.25, -0.2) is 4.98 Å². The molecule has 0 atom stereocenters. The van der Waals surface area contributed by atoms with E-state index in [1.807, 2.05) is 12.1 Å². The first kappa shape index (κ1) is 19.8. The molecule has 1 amide bonds. The summed E-state index contributed by atoms with van der Waals surface area (Å²) < 4.78 is 12.2. The number of hydrogen-bond acceptors (Lipinski definition) is 6. The number of carbonyl (C=O) groups is 1. The number of nitrogens with zero attached hydrogens (tertiary/aromatic N) is 3. The Morgan fingerprint density at radius 2 is 2.00 bits per heavy atom. The number of hydrogen-bond donors (Lipinski definition) is 1. The van der Waals surface area contributed by atoms with E-state index in [-0.39, 0.29) is 5.91 Å². The number of pyridine rings is 1. The Labute approximate surface area is 177 Å². The predicted octanol–water partition coefficient (Wildman–Crippen LogP) is 4.27. The lowest BCUT2D eigenvalue weighted by molar-refractivity contribution is 0.102. The van der Waals surface area contributed by atoms with E-state index < -0.39 is 0 Å². The highest BCUT2D eigenvalue weighted by atomic mass is 79.9. The van der Waals surface area contributed by atoms with Gasteiger partial charge in [-0.3, -0.25) is 4.79 Å². The van der Waals surface area contributed by atoms with Gasteiger partial charge in [0.2, 0.25) is 0 Å². The van der Waals surface area contributed by atoms with Crippen LogP contribution in [0.5, 0.6) is 0 Å². The predicted molar refractivity (Wildman–Crippen MR) is 115 cm³/mol. The van der Waals surface area contributed by atoms with Crippen molar-refractivity contribution < 1.29 is 13.9 Å². The highest BCUT2D eigenvalue weighted by molar-refractivity contribution is 9.10. The van der Waals surface area contributed by atoms with E-state index in [0.29, 0.717) is 35.4 Å². The average Bonchev–Trinajstić information content (AvgIpc) is 3.15. The maximum Gasteiger partial charge on any atom is 0.298 e. The van der Waals surface area contributed by atoms with Crippen LogP contribution in [0, 0.1) is 5.92 Å². The van der Waals surface area contributed by atoms with Crippen LogP contribution in [0.3, 0.4) is 0 Å². The number of rotatable bonds is 5. The first-order valence-corrected chi connectivity index (χ1v) is 10.5. The molecule has 4 rings (SSSR count). The number of morpholine rings is 1. The van der Waals surface area contributed by atoms with Crippen molar-refractivity contribution >= 4 is 44.6 Å². The zero-order valence-corrected chi connectivity index (χ0v) is 18.0.